The maximum absolute atomic E-state index is 12.3. The van der Waals surface area contributed by atoms with Crippen molar-refractivity contribution in [3.05, 3.63) is 51.7 Å². The van der Waals surface area contributed by atoms with E-state index in [4.69, 9.17) is 0 Å². The van der Waals surface area contributed by atoms with Crippen LogP contribution < -0.4 is 5.69 Å². The molecule has 2 aliphatic rings. The summed E-state index contributed by atoms with van der Waals surface area (Å²) in [7, 11) is 0. The van der Waals surface area contributed by atoms with Crippen molar-refractivity contribution < 1.29 is 0 Å². The predicted octanol–water partition coefficient (Wildman–Crippen LogP) is 1.60. The van der Waals surface area contributed by atoms with Crippen molar-refractivity contribution >= 4 is 0 Å². The first-order valence-electron chi connectivity index (χ1n) is 7.04. The monoisotopic (exact) mass is 255 g/mol. The van der Waals surface area contributed by atoms with Gasteiger partial charge < -0.3 is 0 Å². The van der Waals surface area contributed by atoms with Crippen molar-refractivity contribution in [2.45, 2.75) is 38.8 Å². The highest BCUT2D eigenvalue weighted by Gasteiger charge is 2.25. The number of benzene rings is 1. The van der Waals surface area contributed by atoms with Crippen LogP contribution >= 0.6 is 0 Å². The van der Waals surface area contributed by atoms with Crippen LogP contribution in [-0.4, -0.2) is 14.3 Å². The molecule has 0 radical (unpaired) electrons. The summed E-state index contributed by atoms with van der Waals surface area (Å²) >= 11 is 0. The molecule has 0 unspecified atom stereocenters. The summed E-state index contributed by atoms with van der Waals surface area (Å²) in [6, 6.07) is 8.44. The summed E-state index contributed by atoms with van der Waals surface area (Å²) in [6.45, 7) is 1.57. The Kier molecular flexibility index (Phi) is 2.37. The molecule has 1 fully saturated rings. The number of aryl methyl sites for hydroxylation is 1. The smallest absolute Gasteiger partial charge is 0.278 e. The van der Waals surface area contributed by atoms with Gasteiger partial charge in [0.2, 0.25) is 0 Å². The molecule has 0 bridgehead atoms. The van der Waals surface area contributed by atoms with E-state index in [1.54, 1.807) is 4.68 Å². The minimum atomic E-state index is 0.0784. The Morgan fingerprint density at radius 1 is 1.21 bits per heavy atom. The molecular weight excluding hydrogens is 238 g/mol. The molecule has 98 valence electrons. The lowest BCUT2D eigenvalue weighted by Crippen LogP contribution is -2.26. The average molecular weight is 255 g/mol. The number of hydrogen-bond acceptors (Lipinski definition) is 2. The average Bonchev–Trinajstić information content (AvgIpc) is 3.19. The third-order valence-electron chi connectivity index (χ3n) is 4.20. The number of rotatable bonds is 2. The Labute approximate surface area is 111 Å². The predicted molar refractivity (Wildman–Crippen MR) is 72.2 cm³/mol. The third-order valence-corrected chi connectivity index (χ3v) is 4.20. The van der Waals surface area contributed by atoms with E-state index in [1.807, 2.05) is 4.57 Å². The standard InChI is InChI=1S/C15H17N3O/c19-15-17-8-7-12-3-1-2-4-13(12)9-14(17)16-18(15)10-11-5-6-11/h1-4,11H,5-10H2. The summed E-state index contributed by atoms with van der Waals surface area (Å²) in [5.41, 5.74) is 2.74. The van der Waals surface area contributed by atoms with Gasteiger partial charge in [-0.25, -0.2) is 9.48 Å². The van der Waals surface area contributed by atoms with Gasteiger partial charge in [0, 0.05) is 19.5 Å². The number of fused-ring (bicyclic) bond motifs is 2. The van der Waals surface area contributed by atoms with E-state index in [-0.39, 0.29) is 5.69 Å². The van der Waals surface area contributed by atoms with Crippen LogP contribution in [0.2, 0.25) is 0 Å². The lowest BCUT2D eigenvalue weighted by Gasteiger charge is -2.03. The normalized spacial score (nSPS) is 17.7. The zero-order valence-electron chi connectivity index (χ0n) is 10.9. The van der Waals surface area contributed by atoms with Gasteiger partial charge in [-0.2, -0.15) is 5.10 Å². The van der Waals surface area contributed by atoms with Gasteiger partial charge in [-0.1, -0.05) is 24.3 Å². The van der Waals surface area contributed by atoms with Crippen LogP contribution in [0.15, 0.2) is 29.1 Å². The second-order valence-corrected chi connectivity index (χ2v) is 5.67. The topological polar surface area (TPSA) is 39.8 Å². The first-order valence-corrected chi connectivity index (χ1v) is 7.04. The molecule has 1 saturated carbocycles. The van der Waals surface area contributed by atoms with Gasteiger partial charge in [-0.15, -0.1) is 0 Å². The van der Waals surface area contributed by atoms with E-state index in [2.05, 4.69) is 29.4 Å². The van der Waals surface area contributed by atoms with Crippen LogP contribution in [0.5, 0.6) is 0 Å². The fourth-order valence-electron chi connectivity index (χ4n) is 2.88. The first kappa shape index (κ1) is 11.0. The van der Waals surface area contributed by atoms with Gasteiger partial charge in [0.05, 0.1) is 0 Å². The summed E-state index contributed by atoms with van der Waals surface area (Å²) < 4.78 is 3.54. The van der Waals surface area contributed by atoms with Crippen LogP contribution in [0, 0.1) is 5.92 Å². The molecule has 0 N–H and O–H groups in total. The van der Waals surface area contributed by atoms with Crippen LogP contribution in [0.1, 0.15) is 29.8 Å². The van der Waals surface area contributed by atoms with Crippen LogP contribution in [-0.2, 0) is 25.9 Å². The van der Waals surface area contributed by atoms with Crippen LogP contribution in [0.4, 0.5) is 0 Å². The van der Waals surface area contributed by atoms with Gasteiger partial charge in [0.1, 0.15) is 5.82 Å². The highest BCUT2D eigenvalue weighted by molar-refractivity contribution is 5.31. The molecular formula is C15H17N3O. The van der Waals surface area contributed by atoms with E-state index in [0.717, 1.165) is 31.8 Å². The Morgan fingerprint density at radius 3 is 2.79 bits per heavy atom. The quantitative estimate of drug-likeness (QED) is 0.817. The Balaban J connectivity index is 1.74. The van der Waals surface area contributed by atoms with Crippen molar-refractivity contribution in [1.29, 1.82) is 0 Å². The molecule has 0 spiro atoms. The largest absolute Gasteiger partial charge is 0.345 e. The van der Waals surface area contributed by atoms with E-state index in [9.17, 15) is 4.79 Å². The lowest BCUT2D eigenvalue weighted by atomic mass is 10.0. The fraction of sp³-hybridized carbons (Fsp3) is 0.467. The highest BCUT2D eigenvalue weighted by Crippen LogP contribution is 2.30. The maximum atomic E-state index is 12.3. The summed E-state index contributed by atoms with van der Waals surface area (Å²) in [5.74, 6) is 1.61. The molecule has 0 amide bonds. The maximum Gasteiger partial charge on any atom is 0.345 e. The Hall–Kier alpha value is -1.84. The minimum absolute atomic E-state index is 0.0784. The Bertz CT molecular complexity index is 679. The molecule has 19 heavy (non-hydrogen) atoms. The SMILES string of the molecule is O=c1n(CC2CC2)nc2n1CCc1ccccc1C2. The lowest BCUT2D eigenvalue weighted by molar-refractivity contribution is 0.531. The van der Waals surface area contributed by atoms with Crippen molar-refractivity contribution in [3.8, 4) is 0 Å². The zero-order valence-corrected chi connectivity index (χ0v) is 10.9. The van der Waals surface area contributed by atoms with Crippen molar-refractivity contribution in [2.24, 2.45) is 5.92 Å². The summed E-state index contributed by atoms with van der Waals surface area (Å²) in [4.78, 5) is 12.3. The van der Waals surface area contributed by atoms with E-state index in [0.29, 0.717) is 5.92 Å². The Morgan fingerprint density at radius 2 is 2.00 bits per heavy atom. The van der Waals surface area contributed by atoms with Crippen molar-refractivity contribution in [2.75, 3.05) is 0 Å². The molecule has 1 aliphatic carbocycles. The number of hydrogen-bond donors (Lipinski definition) is 0. The molecule has 4 heteroatoms. The number of nitrogens with zero attached hydrogens (tertiary/aromatic N) is 3. The second kappa shape index (κ2) is 4.08. The van der Waals surface area contributed by atoms with Gasteiger partial charge in [0.15, 0.2) is 0 Å². The second-order valence-electron chi connectivity index (χ2n) is 5.67. The first-order chi connectivity index (χ1) is 9.31. The molecule has 1 aliphatic heterocycles. The molecule has 1 aromatic carbocycles. The fourth-order valence-corrected chi connectivity index (χ4v) is 2.88. The van der Waals surface area contributed by atoms with Gasteiger partial charge in [-0.3, -0.25) is 4.57 Å². The van der Waals surface area contributed by atoms with Gasteiger partial charge >= 0.3 is 5.69 Å². The molecule has 4 nitrogen and oxygen atoms in total. The summed E-state index contributed by atoms with van der Waals surface area (Å²) in [5, 5.41) is 4.56. The third kappa shape index (κ3) is 1.91. The van der Waals surface area contributed by atoms with Crippen molar-refractivity contribution in [1.82, 2.24) is 14.3 Å². The molecule has 2 heterocycles. The van der Waals surface area contributed by atoms with E-state index >= 15 is 0 Å². The molecule has 0 atom stereocenters. The highest BCUT2D eigenvalue weighted by atomic mass is 16.2. The number of aromatic nitrogens is 3. The molecule has 1 aromatic heterocycles. The summed E-state index contributed by atoms with van der Waals surface area (Å²) in [6.07, 6.45) is 4.20. The molecule has 4 rings (SSSR count). The van der Waals surface area contributed by atoms with E-state index < -0.39 is 0 Å². The van der Waals surface area contributed by atoms with Gasteiger partial charge in [-0.05, 0) is 36.3 Å². The van der Waals surface area contributed by atoms with Gasteiger partial charge in [0.25, 0.3) is 0 Å². The minimum Gasteiger partial charge on any atom is -0.278 e. The van der Waals surface area contributed by atoms with Crippen LogP contribution in [0.3, 0.4) is 0 Å². The van der Waals surface area contributed by atoms with Crippen molar-refractivity contribution in [3.63, 3.8) is 0 Å². The zero-order chi connectivity index (χ0) is 12.8. The molecule has 2 aromatic rings. The molecule has 0 saturated heterocycles. The van der Waals surface area contributed by atoms with Crippen LogP contribution in [0.25, 0.3) is 0 Å². The van der Waals surface area contributed by atoms with E-state index in [1.165, 1.54) is 24.0 Å².